The first kappa shape index (κ1) is 28.5. The Kier molecular flexibility index (Phi) is 12.4. The smallest absolute Gasteiger partial charge is 1.00 e. The molecule has 1 rings (SSSR count). The maximum atomic E-state index is 6.04. The fourth-order valence-electron chi connectivity index (χ4n) is 2.90. The Bertz CT molecular complexity index is 435. The van der Waals surface area contributed by atoms with E-state index in [2.05, 4.69) is 61.5 Å². The molecule has 0 heterocycles. The van der Waals surface area contributed by atoms with Crippen molar-refractivity contribution >= 4 is 0 Å². The fourth-order valence-corrected chi connectivity index (χ4v) is 2.90. The van der Waals surface area contributed by atoms with E-state index in [0.717, 1.165) is 12.8 Å². The van der Waals surface area contributed by atoms with Gasteiger partial charge in [0.1, 0.15) is 0 Å². The van der Waals surface area contributed by atoms with Gasteiger partial charge in [0.05, 0.1) is 0 Å². The minimum Gasteiger partial charge on any atom is -1.00 e. The summed E-state index contributed by atoms with van der Waals surface area (Å²) < 4.78 is 0. The summed E-state index contributed by atoms with van der Waals surface area (Å²) >= 11 is 0. The monoisotopic (exact) mass is 394 g/mol. The van der Waals surface area contributed by atoms with E-state index in [1.54, 1.807) is 11.1 Å². The molecule has 1 aliphatic carbocycles. The van der Waals surface area contributed by atoms with Crippen LogP contribution in [0, 0.1) is 22.3 Å². The summed E-state index contributed by atoms with van der Waals surface area (Å²) in [6, 6.07) is 0. The summed E-state index contributed by atoms with van der Waals surface area (Å²) in [6.07, 6.45) is 7.00. The molecule has 0 amide bonds. The zero-order valence-electron chi connectivity index (χ0n) is 16.2. The van der Waals surface area contributed by atoms with Crippen LogP contribution in [0.15, 0.2) is 16.7 Å². The molecular formula is C19H34Cl2NTi. The predicted molar refractivity (Wildman–Crippen MR) is 89.4 cm³/mol. The van der Waals surface area contributed by atoms with Crippen LogP contribution < -0.4 is 30.5 Å². The average Bonchev–Trinajstić information content (AvgIpc) is 2.85. The van der Waals surface area contributed by atoms with E-state index in [1.807, 2.05) is 0 Å². The van der Waals surface area contributed by atoms with Crippen molar-refractivity contribution in [3.63, 3.8) is 0 Å². The van der Waals surface area contributed by atoms with Crippen molar-refractivity contribution in [3.05, 3.63) is 22.8 Å². The van der Waals surface area contributed by atoms with Gasteiger partial charge < -0.3 is 30.5 Å². The van der Waals surface area contributed by atoms with Crippen LogP contribution in [0.1, 0.15) is 74.7 Å². The first-order chi connectivity index (χ1) is 9.03. The molecule has 1 radical (unpaired) electrons. The zero-order chi connectivity index (χ0) is 15.8. The minimum absolute atomic E-state index is 0. The van der Waals surface area contributed by atoms with Gasteiger partial charge in [0, 0.05) is 0 Å². The van der Waals surface area contributed by atoms with Gasteiger partial charge in [-0.25, -0.2) is 5.57 Å². The summed E-state index contributed by atoms with van der Waals surface area (Å²) in [5, 5.41) is 0. The number of rotatable bonds is 6. The van der Waals surface area contributed by atoms with Gasteiger partial charge in [-0.2, -0.15) is 11.1 Å². The van der Waals surface area contributed by atoms with Crippen LogP contribution in [0.2, 0.25) is 0 Å². The van der Waals surface area contributed by atoms with Gasteiger partial charge in [-0.05, 0) is 23.8 Å². The molecule has 0 fully saturated rings. The van der Waals surface area contributed by atoms with Crippen molar-refractivity contribution in [2.45, 2.75) is 74.7 Å². The number of halogens is 2. The second-order valence-electron chi connectivity index (χ2n) is 8.14. The Morgan fingerprint density at radius 2 is 1.30 bits per heavy atom. The van der Waals surface area contributed by atoms with E-state index in [1.165, 1.54) is 12.0 Å². The van der Waals surface area contributed by atoms with E-state index in [4.69, 9.17) is 5.73 Å². The van der Waals surface area contributed by atoms with Crippen molar-refractivity contribution in [2.75, 3.05) is 6.54 Å². The van der Waals surface area contributed by atoms with Gasteiger partial charge in [0.15, 0.2) is 0 Å². The largest absolute Gasteiger partial charge is 3.00 e. The molecule has 0 aromatic carbocycles. The normalized spacial score (nSPS) is 15.4. The maximum Gasteiger partial charge on any atom is 3.00 e. The second-order valence-corrected chi connectivity index (χ2v) is 8.14. The molecule has 0 aromatic rings. The molecule has 0 atom stereocenters. The molecule has 0 aliphatic heterocycles. The Balaban J connectivity index is -0.00000133. The third-order valence-electron chi connectivity index (χ3n) is 5.44. The van der Waals surface area contributed by atoms with Crippen molar-refractivity contribution in [2.24, 2.45) is 22.0 Å². The van der Waals surface area contributed by atoms with Crippen molar-refractivity contribution < 1.29 is 46.5 Å². The summed E-state index contributed by atoms with van der Waals surface area (Å²) in [5.74, 6) is 0. The summed E-state index contributed by atoms with van der Waals surface area (Å²) in [5.41, 5.74) is 11.0. The Morgan fingerprint density at radius 3 is 1.65 bits per heavy atom. The zero-order valence-corrected chi connectivity index (χ0v) is 19.2. The third kappa shape index (κ3) is 5.89. The molecule has 23 heavy (non-hydrogen) atoms. The molecule has 4 heteroatoms. The summed E-state index contributed by atoms with van der Waals surface area (Å²) in [6.45, 7) is 19.2. The second kappa shape index (κ2) is 10.0. The topological polar surface area (TPSA) is 26.0 Å². The standard InChI is InChI=1S/C19H34N.2ClH.Ti/c1-9-17(3,4)14-11-12-15(19(7,8)13-20)16(14)18(5,6)10-2;;;/h9-11,13,20H2,1-8H3;2*1H;/q-1;;;+3/p-2. The van der Waals surface area contributed by atoms with E-state index in [0.29, 0.717) is 6.54 Å². The summed E-state index contributed by atoms with van der Waals surface area (Å²) in [4.78, 5) is 0. The minimum atomic E-state index is 0. The molecular weight excluding hydrogens is 361 g/mol. The molecule has 0 spiro atoms. The van der Waals surface area contributed by atoms with Crippen LogP contribution in [-0.2, 0) is 21.7 Å². The van der Waals surface area contributed by atoms with Gasteiger partial charge in [0.2, 0.25) is 0 Å². The molecule has 0 aromatic heterocycles. The van der Waals surface area contributed by atoms with Crippen LogP contribution >= 0.6 is 0 Å². The Hall–Kier alpha value is 0.734. The SMILES string of the molecule is CCC(C)(C)C1=C(C(C)(C)CC)C(C(C)(C)CN)=[C-]C1.[Cl-].[Cl-].[Ti+3]. The van der Waals surface area contributed by atoms with Crippen LogP contribution in [-0.4, -0.2) is 6.54 Å². The predicted octanol–water partition coefficient (Wildman–Crippen LogP) is -0.721. The Labute approximate surface area is 172 Å². The third-order valence-corrected chi connectivity index (χ3v) is 5.44. The maximum absolute atomic E-state index is 6.04. The molecule has 0 saturated heterocycles. The average molecular weight is 395 g/mol. The Morgan fingerprint density at radius 1 is 0.870 bits per heavy atom. The fraction of sp³-hybridized carbons (Fsp3) is 0.789. The van der Waals surface area contributed by atoms with E-state index in [9.17, 15) is 0 Å². The first-order valence-electron chi connectivity index (χ1n) is 8.09. The van der Waals surface area contributed by atoms with Crippen molar-refractivity contribution in [1.82, 2.24) is 0 Å². The van der Waals surface area contributed by atoms with Crippen molar-refractivity contribution in [1.29, 1.82) is 0 Å². The number of allylic oxidation sites excluding steroid dienone is 3. The van der Waals surface area contributed by atoms with E-state index >= 15 is 0 Å². The van der Waals surface area contributed by atoms with Crippen LogP contribution in [0.3, 0.4) is 0 Å². The van der Waals surface area contributed by atoms with Crippen LogP contribution in [0.25, 0.3) is 0 Å². The van der Waals surface area contributed by atoms with Gasteiger partial charge in [0.25, 0.3) is 0 Å². The van der Waals surface area contributed by atoms with E-state index < -0.39 is 0 Å². The molecule has 0 bridgehead atoms. The van der Waals surface area contributed by atoms with Crippen LogP contribution in [0.5, 0.6) is 0 Å². The van der Waals surface area contributed by atoms with Gasteiger partial charge >= 0.3 is 21.7 Å². The molecule has 1 nitrogen and oxygen atoms in total. The van der Waals surface area contributed by atoms with Gasteiger partial charge in [-0.15, -0.1) is 6.42 Å². The van der Waals surface area contributed by atoms with Crippen LogP contribution in [0.4, 0.5) is 0 Å². The first-order valence-corrected chi connectivity index (χ1v) is 8.09. The number of nitrogens with two attached hydrogens (primary N) is 1. The molecule has 0 unspecified atom stereocenters. The molecule has 133 valence electrons. The number of hydrogen-bond donors (Lipinski definition) is 1. The quantitative estimate of drug-likeness (QED) is 0.467. The van der Waals surface area contributed by atoms with Gasteiger partial charge in [-0.1, -0.05) is 67.2 Å². The van der Waals surface area contributed by atoms with E-state index in [-0.39, 0.29) is 62.8 Å². The molecule has 1 aliphatic rings. The summed E-state index contributed by atoms with van der Waals surface area (Å²) in [7, 11) is 0. The van der Waals surface area contributed by atoms with Gasteiger partial charge in [-0.3, -0.25) is 6.08 Å². The molecule has 0 saturated carbocycles. The number of hydrogen-bond acceptors (Lipinski definition) is 1. The van der Waals surface area contributed by atoms with Crippen molar-refractivity contribution in [3.8, 4) is 0 Å². The molecule has 2 N–H and O–H groups in total.